The van der Waals surface area contributed by atoms with Crippen LogP contribution in [0, 0.1) is 0 Å². The van der Waals surface area contributed by atoms with Gasteiger partial charge < -0.3 is 4.90 Å². The second kappa shape index (κ2) is 8.18. The fourth-order valence-corrected chi connectivity index (χ4v) is 2.18. The first-order valence-electron chi connectivity index (χ1n) is 7.43. The molecular weight excluding hydrogens is 248 g/mol. The summed E-state index contributed by atoms with van der Waals surface area (Å²) in [5, 5.41) is 0. The first kappa shape index (κ1) is 16.9. The highest BCUT2D eigenvalue weighted by Crippen LogP contribution is 2.10. The van der Waals surface area contributed by atoms with Crippen molar-refractivity contribution < 1.29 is 4.79 Å². The van der Waals surface area contributed by atoms with Gasteiger partial charge in [0.15, 0.2) is 5.78 Å². The van der Waals surface area contributed by atoms with E-state index >= 15 is 0 Å². The Bertz CT molecular complexity index is 412. The van der Waals surface area contributed by atoms with Gasteiger partial charge >= 0.3 is 0 Å². The van der Waals surface area contributed by atoms with Crippen LogP contribution >= 0.6 is 0 Å². The minimum absolute atomic E-state index is 0.0651. The fraction of sp³-hybridized carbons (Fsp3) is 0.588. The fourth-order valence-electron chi connectivity index (χ4n) is 2.18. The lowest BCUT2D eigenvalue weighted by Crippen LogP contribution is -2.37. The molecule has 0 amide bonds. The van der Waals surface area contributed by atoms with E-state index in [0.717, 1.165) is 31.5 Å². The average Bonchev–Trinajstić information content (AvgIpc) is 2.45. The van der Waals surface area contributed by atoms with Crippen LogP contribution in [0.4, 0.5) is 0 Å². The first-order valence-corrected chi connectivity index (χ1v) is 7.43. The van der Waals surface area contributed by atoms with Crippen LogP contribution < -0.4 is 0 Å². The molecular formula is C17H28N2O. The van der Waals surface area contributed by atoms with Crippen LogP contribution in [0.2, 0.25) is 0 Å². The van der Waals surface area contributed by atoms with Crippen molar-refractivity contribution in [2.45, 2.75) is 32.7 Å². The SMILES string of the molecule is CCc1ccc(C(=O)C(C)N(C)CCCN(C)C)cc1. The van der Waals surface area contributed by atoms with E-state index in [2.05, 4.69) is 30.8 Å². The predicted octanol–water partition coefficient (Wildman–Crippen LogP) is 2.70. The van der Waals surface area contributed by atoms with Gasteiger partial charge in [0.05, 0.1) is 6.04 Å². The van der Waals surface area contributed by atoms with E-state index in [4.69, 9.17) is 0 Å². The maximum absolute atomic E-state index is 12.4. The first-order chi connectivity index (χ1) is 9.45. The van der Waals surface area contributed by atoms with Crippen molar-refractivity contribution in [2.75, 3.05) is 34.2 Å². The van der Waals surface area contributed by atoms with E-state index in [0.29, 0.717) is 0 Å². The summed E-state index contributed by atoms with van der Waals surface area (Å²) in [5.74, 6) is 0.208. The van der Waals surface area contributed by atoms with Crippen LogP contribution in [-0.2, 0) is 6.42 Å². The molecule has 1 unspecified atom stereocenters. The van der Waals surface area contributed by atoms with Crippen molar-refractivity contribution in [1.82, 2.24) is 9.80 Å². The number of likely N-dealkylation sites (N-methyl/N-ethyl adjacent to an activating group) is 1. The van der Waals surface area contributed by atoms with Crippen LogP contribution in [0.25, 0.3) is 0 Å². The van der Waals surface area contributed by atoms with Crippen LogP contribution in [0.3, 0.4) is 0 Å². The van der Waals surface area contributed by atoms with Crippen molar-refractivity contribution in [3.05, 3.63) is 35.4 Å². The van der Waals surface area contributed by atoms with Crippen LogP contribution in [0.1, 0.15) is 36.2 Å². The van der Waals surface area contributed by atoms with Gasteiger partial charge in [-0.25, -0.2) is 0 Å². The largest absolute Gasteiger partial charge is 0.309 e. The Morgan fingerprint density at radius 1 is 1.10 bits per heavy atom. The van der Waals surface area contributed by atoms with Gasteiger partial charge in [-0.05, 0) is 59.6 Å². The molecule has 0 saturated carbocycles. The number of rotatable bonds is 8. The Hall–Kier alpha value is -1.19. The number of carbonyl (C=O) groups is 1. The molecule has 0 radical (unpaired) electrons. The van der Waals surface area contributed by atoms with E-state index in [-0.39, 0.29) is 11.8 Å². The monoisotopic (exact) mass is 276 g/mol. The van der Waals surface area contributed by atoms with Gasteiger partial charge in [0.25, 0.3) is 0 Å². The topological polar surface area (TPSA) is 23.6 Å². The number of Topliss-reactive ketones (excluding diaryl/α,β-unsaturated/α-hetero) is 1. The molecule has 112 valence electrons. The molecule has 1 aromatic rings. The lowest BCUT2D eigenvalue weighted by atomic mass is 10.0. The number of benzene rings is 1. The van der Waals surface area contributed by atoms with Gasteiger partial charge in [0, 0.05) is 5.56 Å². The maximum atomic E-state index is 12.4. The molecule has 3 nitrogen and oxygen atoms in total. The van der Waals surface area contributed by atoms with E-state index in [1.165, 1.54) is 5.56 Å². The molecule has 20 heavy (non-hydrogen) atoms. The Labute approximate surface area is 123 Å². The standard InChI is InChI=1S/C17H28N2O/c1-6-15-8-10-16(11-9-15)17(20)14(2)19(5)13-7-12-18(3)4/h8-11,14H,6-7,12-13H2,1-5H3. The second-order valence-electron chi connectivity index (χ2n) is 5.73. The third kappa shape index (κ3) is 5.06. The molecule has 0 bridgehead atoms. The summed E-state index contributed by atoms with van der Waals surface area (Å²) in [6, 6.07) is 7.93. The summed E-state index contributed by atoms with van der Waals surface area (Å²) in [7, 11) is 6.17. The molecule has 0 aliphatic rings. The molecule has 1 atom stereocenters. The van der Waals surface area contributed by atoms with E-state index in [1.807, 2.05) is 38.2 Å². The van der Waals surface area contributed by atoms with E-state index < -0.39 is 0 Å². The molecule has 3 heteroatoms. The Balaban J connectivity index is 2.56. The normalized spacial score (nSPS) is 12.9. The summed E-state index contributed by atoms with van der Waals surface area (Å²) in [6.07, 6.45) is 2.09. The highest BCUT2D eigenvalue weighted by molar-refractivity contribution is 5.99. The molecule has 0 N–H and O–H groups in total. The zero-order valence-electron chi connectivity index (χ0n) is 13.5. The second-order valence-corrected chi connectivity index (χ2v) is 5.73. The molecule has 1 rings (SSSR count). The lowest BCUT2D eigenvalue weighted by molar-refractivity contribution is 0.0865. The maximum Gasteiger partial charge on any atom is 0.179 e. The molecule has 0 aromatic heterocycles. The smallest absolute Gasteiger partial charge is 0.179 e. The van der Waals surface area contributed by atoms with Crippen molar-refractivity contribution >= 4 is 5.78 Å². The highest BCUT2D eigenvalue weighted by atomic mass is 16.1. The molecule has 0 spiro atoms. The highest BCUT2D eigenvalue weighted by Gasteiger charge is 2.19. The Kier molecular flexibility index (Phi) is 6.89. The minimum Gasteiger partial charge on any atom is -0.309 e. The third-order valence-electron chi connectivity index (χ3n) is 3.80. The summed E-state index contributed by atoms with van der Waals surface area (Å²) < 4.78 is 0. The average molecular weight is 276 g/mol. The van der Waals surface area contributed by atoms with Gasteiger partial charge in [-0.2, -0.15) is 0 Å². The molecule has 0 aliphatic carbocycles. The van der Waals surface area contributed by atoms with E-state index in [1.54, 1.807) is 0 Å². The Morgan fingerprint density at radius 3 is 2.20 bits per heavy atom. The summed E-state index contributed by atoms with van der Waals surface area (Å²) >= 11 is 0. The van der Waals surface area contributed by atoms with Crippen molar-refractivity contribution in [3.8, 4) is 0 Å². The number of nitrogens with zero attached hydrogens (tertiary/aromatic N) is 2. The predicted molar refractivity (Wildman–Crippen MR) is 85.4 cm³/mol. The molecule has 0 aliphatic heterocycles. The van der Waals surface area contributed by atoms with Crippen LogP contribution in [0.5, 0.6) is 0 Å². The van der Waals surface area contributed by atoms with Gasteiger partial charge in [0.1, 0.15) is 0 Å². The molecule has 0 fully saturated rings. The summed E-state index contributed by atoms with van der Waals surface area (Å²) in [6.45, 7) is 6.11. The van der Waals surface area contributed by atoms with Gasteiger partial charge in [-0.1, -0.05) is 31.2 Å². The zero-order chi connectivity index (χ0) is 15.1. The van der Waals surface area contributed by atoms with Gasteiger partial charge in [0.2, 0.25) is 0 Å². The number of hydrogen-bond donors (Lipinski definition) is 0. The van der Waals surface area contributed by atoms with Crippen LogP contribution in [0.15, 0.2) is 24.3 Å². The zero-order valence-corrected chi connectivity index (χ0v) is 13.5. The summed E-state index contributed by atoms with van der Waals surface area (Å²) in [4.78, 5) is 16.7. The number of carbonyl (C=O) groups excluding carboxylic acids is 1. The van der Waals surface area contributed by atoms with E-state index in [9.17, 15) is 4.79 Å². The van der Waals surface area contributed by atoms with Crippen molar-refractivity contribution in [3.63, 3.8) is 0 Å². The molecule has 0 saturated heterocycles. The third-order valence-corrected chi connectivity index (χ3v) is 3.80. The van der Waals surface area contributed by atoms with Gasteiger partial charge in [-0.15, -0.1) is 0 Å². The number of ketones is 1. The molecule has 0 heterocycles. The number of hydrogen-bond acceptors (Lipinski definition) is 3. The Morgan fingerprint density at radius 2 is 1.70 bits per heavy atom. The van der Waals surface area contributed by atoms with Crippen LogP contribution in [-0.4, -0.2) is 55.9 Å². The lowest BCUT2D eigenvalue weighted by Gasteiger charge is -2.24. The minimum atomic E-state index is -0.0651. The molecule has 1 aromatic carbocycles. The summed E-state index contributed by atoms with van der Waals surface area (Å²) in [5.41, 5.74) is 2.09. The van der Waals surface area contributed by atoms with Gasteiger partial charge in [-0.3, -0.25) is 9.69 Å². The van der Waals surface area contributed by atoms with Crippen molar-refractivity contribution in [1.29, 1.82) is 0 Å². The number of aryl methyl sites for hydroxylation is 1. The quantitative estimate of drug-likeness (QED) is 0.682. The van der Waals surface area contributed by atoms with Crippen molar-refractivity contribution in [2.24, 2.45) is 0 Å².